The van der Waals surface area contributed by atoms with Crippen LogP contribution < -0.4 is 27.8 Å². The molecular weight excluding hydrogens is 520 g/mol. The van der Waals surface area contributed by atoms with Gasteiger partial charge in [-0.3, -0.25) is 24.0 Å². The van der Waals surface area contributed by atoms with E-state index in [0.29, 0.717) is 16.7 Å². The van der Waals surface area contributed by atoms with Crippen molar-refractivity contribution in [3.8, 4) is 0 Å². The number of anilines is 2. The van der Waals surface area contributed by atoms with Gasteiger partial charge in [-0.25, -0.2) is 4.79 Å². The normalized spacial score (nSPS) is 11.7. The third-order valence-corrected chi connectivity index (χ3v) is 5.60. The highest BCUT2D eigenvalue weighted by Crippen LogP contribution is 2.19. The molecule has 8 N–H and O–H groups in total. The van der Waals surface area contributed by atoms with Gasteiger partial charge in [0.15, 0.2) is 5.78 Å². The fourth-order valence-corrected chi connectivity index (χ4v) is 3.63. The van der Waals surface area contributed by atoms with Gasteiger partial charge < -0.3 is 32.1 Å². The molecule has 1 aromatic heterocycles. The molecule has 4 amide bonds. The molecular formula is C26H22N8O6. The molecule has 202 valence electrons. The molecule has 0 aliphatic carbocycles. The van der Waals surface area contributed by atoms with Crippen LogP contribution in [0, 0.1) is 0 Å². The smallest absolute Gasteiger partial charge is 0.323 e. The maximum absolute atomic E-state index is 12.7. The van der Waals surface area contributed by atoms with Crippen molar-refractivity contribution in [1.82, 2.24) is 9.97 Å². The van der Waals surface area contributed by atoms with Crippen LogP contribution in [0.25, 0.3) is 11.0 Å². The number of fused-ring (bicyclic) bond motifs is 1. The van der Waals surface area contributed by atoms with Crippen LogP contribution in [-0.2, 0) is 9.59 Å². The van der Waals surface area contributed by atoms with E-state index < -0.39 is 41.1 Å². The average Bonchev–Trinajstić information content (AvgIpc) is 3.27. The van der Waals surface area contributed by atoms with Crippen molar-refractivity contribution < 1.29 is 24.0 Å². The number of imidazole rings is 1. The van der Waals surface area contributed by atoms with E-state index in [-0.39, 0.29) is 28.1 Å². The maximum atomic E-state index is 12.7. The Morgan fingerprint density at radius 2 is 1.38 bits per heavy atom. The number of hydrogen-bond acceptors (Lipinski definition) is 8. The van der Waals surface area contributed by atoms with Crippen LogP contribution in [0.15, 0.2) is 75.7 Å². The number of nitrogens with two attached hydrogens (primary N) is 2. The van der Waals surface area contributed by atoms with Gasteiger partial charge in [-0.2, -0.15) is 10.2 Å². The number of nitrogens with one attached hydrogen (secondary N) is 4. The lowest BCUT2D eigenvalue weighted by Gasteiger charge is -2.10. The zero-order valence-corrected chi connectivity index (χ0v) is 20.8. The minimum atomic E-state index is -1.44. The zero-order chi connectivity index (χ0) is 29.0. The lowest BCUT2D eigenvalue weighted by molar-refractivity contribution is -0.126. The van der Waals surface area contributed by atoms with Crippen LogP contribution in [0.4, 0.5) is 17.1 Å². The van der Waals surface area contributed by atoms with Crippen LogP contribution >= 0.6 is 0 Å². The largest absolute Gasteiger partial charge is 0.366 e. The maximum Gasteiger partial charge on any atom is 0.323 e. The Morgan fingerprint density at radius 3 is 1.98 bits per heavy atom. The summed E-state index contributed by atoms with van der Waals surface area (Å²) in [6, 6.07) is 12.8. The topological polar surface area (TPSA) is 235 Å². The zero-order valence-electron chi connectivity index (χ0n) is 20.8. The predicted molar refractivity (Wildman–Crippen MR) is 144 cm³/mol. The molecule has 0 bridgehead atoms. The van der Waals surface area contributed by atoms with Gasteiger partial charge in [-0.15, -0.1) is 0 Å². The molecule has 1 heterocycles. The van der Waals surface area contributed by atoms with E-state index in [9.17, 15) is 28.8 Å². The van der Waals surface area contributed by atoms with E-state index in [1.54, 1.807) is 12.1 Å². The van der Waals surface area contributed by atoms with Gasteiger partial charge in [0.25, 0.3) is 11.8 Å². The summed E-state index contributed by atoms with van der Waals surface area (Å²) in [6.45, 7) is 1.19. The Hall–Kier alpha value is -5.92. The molecule has 0 saturated carbocycles. The first-order valence-electron chi connectivity index (χ1n) is 11.6. The summed E-state index contributed by atoms with van der Waals surface area (Å²) in [4.78, 5) is 77.1. The van der Waals surface area contributed by atoms with Gasteiger partial charge in [-0.05, 0) is 67.6 Å². The Balaban J connectivity index is 1.44. The van der Waals surface area contributed by atoms with Gasteiger partial charge in [0.1, 0.15) is 0 Å². The Kier molecular flexibility index (Phi) is 7.61. The number of ketones is 1. The van der Waals surface area contributed by atoms with Crippen LogP contribution in [0.5, 0.6) is 0 Å². The molecule has 3 aromatic carbocycles. The van der Waals surface area contributed by atoms with E-state index in [1.807, 2.05) is 0 Å². The molecule has 0 saturated heterocycles. The molecule has 0 aliphatic heterocycles. The number of azo groups is 1. The second kappa shape index (κ2) is 11.2. The van der Waals surface area contributed by atoms with Gasteiger partial charge in [0.05, 0.1) is 16.7 Å². The van der Waals surface area contributed by atoms with Crippen molar-refractivity contribution in [2.24, 2.45) is 21.7 Å². The molecule has 1 unspecified atom stereocenters. The van der Waals surface area contributed by atoms with Gasteiger partial charge >= 0.3 is 5.69 Å². The van der Waals surface area contributed by atoms with Crippen LogP contribution in [0.2, 0.25) is 0 Å². The molecule has 14 heteroatoms. The van der Waals surface area contributed by atoms with E-state index in [1.165, 1.54) is 55.5 Å². The minimum Gasteiger partial charge on any atom is -0.366 e. The van der Waals surface area contributed by atoms with E-state index in [4.69, 9.17) is 11.5 Å². The number of hydrogen-bond donors (Lipinski definition) is 6. The predicted octanol–water partition coefficient (Wildman–Crippen LogP) is 1.99. The average molecular weight is 543 g/mol. The summed E-state index contributed by atoms with van der Waals surface area (Å²) in [7, 11) is 0. The fraction of sp³-hybridized carbons (Fsp3) is 0.0769. The molecule has 0 spiro atoms. The molecule has 0 fully saturated rings. The quantitative estimate of drug-likeness (QED) is 0.136. The van der Waals surface area contributed by atoms with E-state index in [2.05, 4.69) is 30.8 Å². The lowest BCUT2D eigenvalue weighted by Crippen LogP contribution is -2.31. The van der Waals surface area contributed by atoms with Crippen molar-refractivity contribution in [3.05, 3.63) is 87.8 Å². The SMILES string of the molecule is CC(=O)C(N=Nc1ccc(C(=O)Nc2cc(C(N)=O)cc(C(N)=O)c2)cc1)C(=O)Nc1ccc2[nH]c(=O)[nH]c2c1. The molecule has 4 aromatic rings. The third-order valence-electron chi connectivity index (χ3n) is 5.60. The van der Waals surface area contributed by atoms with E-state index in [0.717, 1.165) is 0 Å². The van der Waals surface area contributed by atoms with Crippen LogP contribution in [-0.4, -0.2) is 45.4 Å². The first kappa shape index (κ1) is 27.1. The molecule has 0 radical (unpaired) electrons. The Labute approximate surface area is 224 Å². The number of benzene rings is 3. The van der Waals surface area contributed by atoms with Crippen molar-refractivity contribution in [2.45, 2.75) is 13.0 Å². The summed E-state index contributed by atoms with van der Waals surface area (Å²) >= 11 is 0. The lowest BCUT2D eigenvalue weighted by atomic mass is 10.1. The summed E-state index contributed by atoms with van der Waals surface area (Å²) in [6.07, 6.45) is 0. The summed E-state index contributed by atoms with van der Waals surface area (Å²) in [5.74, 6) is -3.45. The van der Waals surface area contributed by atoms with Gasteiger partial charge in [-0.1, -0.05) is 0 Å². The van der Waals surface area contributed by atoms with Crippen molar-refractivity contribution in [1.29, 1.82) is 0 Å². The standard InChI is InChI=1S/C26H22N8O6/c1-12(35)21(25(39)29-17-6-7-19-20(11-17)32-26(40)31-19)34-33-16-4-2-13(3-5-16)24(38)30-18-9-14(22(27)36)8-15(10-18)23(28)37/h2-11,21H,1H3,(H2,27,36)(H2,28,37)(H,29,39)(H,30,38)(H2,31,32,40). The number of rotatable bonds is 9. The second-order valence-electron chi connectivity index (χ2n) is 8.59. The number of Topliss-reactive ketones (excluding diaryl/α,β-unsaturated/α-hetero) is 1. The minimum absolute atomic E-state index is 0.00799. The number of carbonyl (C=O) groups is 5. The number of H-pyrrole nitrogens is 2. The van der Waals surface area contributed by atoms with E-state index >= 15 is 0 Å². The number of carbonyl (C=O) groups excluding carboxylic acids is 5. The highest BCUT2D eigenvalue weighted by atomic mass is 16.2. The molecule has 4 rings (SSSR count). The summed E-state index contributed by atoms with van der Waals surface area (Å²) in [5, 5.41) is 12.9. The van der Waals surface area contributed by atoms with Crippen molar-refractivity contribution in [2.75, 3.05) is 10.6 Å². The first-order chi connectivity index (χ1) is 19.0. The van der Waals surface area contributed by atoms with Crippen LogP contribution in [0.1, 0.15) is 38.0 Å². The number of aromatic nitrogens is 2. The van der Waals surface area contributed by atoms with Crippen molar-refractivity contribution in [3.63, 3.8) is 0 Å². The fourth-order valence-electron chi connectivity index (χ4n) is 3.63. The molecule has 0 aliphatic rings. The molecule has 1 atom stereocenters. The number of primary amides is 2. The first-order valence-corrected chi connectivity index (χ1v) is 11.6. The Bertz CT molecular complexity index is 1720. The van der Waals surface area contributed by atoms with Gasteiger partial charge in [0, 0.05) is 28.1 Å². The van der Waals surface area contributed by atoms with Gasteiger partial charge in [0.2, 0.25) is 17.9 Å². The number of aromatic amines is 2. The monoisotopic (exact) mass is 542 g/mol. The molecule has 40 heavy (non-hydrogen) atoms. The summed E-state index contributed by atoms with van der Waals surface area (Å²) < 4.78 is 0. The second-order valence-corrected chi connectivity index (χ2v) is 8.59. The van der Waals surface area contributed by atoms with Crippen LogP contribution in [0.3, 0.4) is 0 Å². The Morgan fingerprint density at radius 1 is 0.750 bits per heavy atom. The van der Waals surface area contributed by atoms with Crippen molar-refractivity contribution >= 4 is 57.5 Å². The summed E-state index contributed by atoms with van der Waals surface area (Å²) in [5.41, 5.74) is 12.1. The molecule has 14 nitrogen and oxygen atoms in total. The number of amides is 4. The highest BCUT2D eigenvalue weighted by molar-refractivity contribution is 6.10. The highest BCUT2D eigenvalue weighted by Gasteiger charge is 2.23. The number of nitrogens with zero attached hydrogens (tertiary/aromatic N) is 2. The third kappa shape index (κ3) is 6.31.